The van der Waals surface area contributed by atoms with Crippen LogP contribution in [0.3, 0.4) is 0 Å². The number of carbonyl (C=O) groups excluding carboxylic acids is 1. The zero-order valence-electron chi connectivity index (χ0n) is 17.1. The fourth-order valence-electron chi connectivity index (χ4n) is 2.94. The Kier molecular flexibility index (Phi) is 6.42. The smallest absolute Gasteiger partial charge is 0.245 e. The van der Waals surface area contributed by atoms with Crippen LogP contribution in [-0.2, 0) is 14.8 Å². The first-order chi connectivity index (χ1) is 14.2. The summed E-state index contributed by atoms with van der Waals surface area (Å²) in [5.41, 5.74) is 2.81. The monoisotopic (exact) mass is 424 g/mol. The molecule has 1 amide bonds. The van der Waals surface area contributed by atoms with Crippen molar-refractivity contribution in [1.82, 2.24) is 0 Å². The van der Waals surface area contributed by atoms with Gasteiger partial charge in [0, 0.05) is 0 Å². The van der Waals surface area contributed by atoms with Crippen LogP contribution in [0.2, 0.25) is 0 Å². The van der Waals surface area contributed by atoms with Gasteiger partial charge in [0.1, 0.15) is 12.3 Å². The normalized spacial score (nSPS) is 11.0. The number of hydrogen-bond donors (Lipinski definition) is 1. The second-order valence-electron chi connectivity index (χ2n) is 7.02. The van der Waals surface area contributed by atoms with Crippen LogP contribution in [-0.4, -0.2) is 27.1 Å². The van der Waals surface area contributed by atoms with Gasteiger partial charge in [0.05, 0.1) is 17.6 Å². The number of amides is 1. The van der Waals surface area contributed by atoms with E-state index in [1.54, 1.807) is 49.4 Å². The molecule has 3 rings (SSSR count). The van der Waals surface area contributed by atoms with Gasteiger partial charge in [-0.05, 0) is 49.7 Å². The standard InChI is InChI=1S/C23H24N2O4S/c1-17-12-14-19(15-13-17)29-22-11-7-5-9-20(22)24-23(26)16-25(30(3,27)28)21-10-6-4-8-18(21)2/h4-15H,16H2,1-3H3,(H,24,26). The zero-order valence-corrected chi connectivity index (χ0v) is 17.9. The Morgan fingerprint density at radius 3 is 2.23 bits per heavy atom. The Morgan fingerprint density at radius 2 is 1.57 bits per heavy atom. The lowest BCUT2D eigenvalue weighted by atomic mass is 10.2. The topological polar surface area (TPSA) is 75.7 Å². The highest BCUT2D eigenvalue weighted by molar-refractivity contribution is 7.92. The van der Waals surface area contributed by atoms with Crippen molar-refractivity contribution in [3.63, 3.8) is 0 Å². The molecule has 0 aliphatic heterocycles. The number of sulfonamides is 1. The molecule has 0 aromatic heterocycles. The molecule has 0 saturated carbocycles. The molecule has 6 nitrogen and oxygen atoms in total. The van der Waals surface area contributed by atoms with Crippen molar-refractivity contribution in [2.45, 2.75) is 13.8 Å². The zero-order chi connectivity index (χ0) is 21.7. The van der Waals surface area contributed by atoms with E-state index in [1.165, 1.54) is 0 Å². The molecule has 0 atom stereocenters. The summed E-state index contributed by atoms with van der Waals surface area (Å²) in [4.78, 5) is 12.7. The van der Waals surface area contributed by atoms with Gasteiger partial charge in [0.2, 0.25) is 15.9 Å². The number of para-hydroxylation sites is 3. The summed E-state index contributed by atoms with van der Waals surface area (Å²) < 4.78 is 31.7. The van der Waals surface area contributed by atoms with Crippen molar-refractivity contribution in [2.24, 2.45) is 0 Å². The van der Waals surface area contributed by atoms with Crippen LogP contribution in [0.5, 0.6) is 11.5 Å². The third-order valence-corrected chi connectivity index (χ3v) is 5.61. The van der Waals surface area contributed by atoms with Crippen LogP contribution in [0.15, 0.2) is 72.8 Å². The van der Waals surface area contributed by atoms with Crippen molar-refractivity contribution in [1.29, 1.82) is 0 Å². The fourth-order valence-corrected chi connectivity index (χ4v) is 3.85. The minimum Gasteiger partial charge on any atom is -0.455 e. The van der Waals surface area contributed by atoms with Crippen LogP contribution in [0, 0.1) is 13.8 Å². The van der Waals surface area contributed by atoms with Crippen LogP contribution in [0.1, 0.15) is 11.1 Å². The molecular formula is C23H24N2O4S. The summed E-state index contributed by atoms with van der Waals surface area (Å²) in [6.07, 6.45) is 1.08. The average Bonchev–Trinajstić information content (AvgIpc) is 2.69. The van der Waals surface area contributed by atoms with E-state index in [2.05, 4.69) is 5.32 Å². The van der Waals surface area contributed by atoms with Gasteiger partial charge in [-0.1, -0.05) is 48.0 Å². The molecule has 0 radical (unpaired) electrons. The van der Waals surface area contributed by atoms with Gasteiger partial charge < -0.3 is 10.1 Å². The fraction of sp³-hybridized carbons (Fsp3) is 0.174. The second kappa shape index (κ2) is 9.00. The van der Waals surface area contributed by atoms with E-state index in [9.17, 15) is 13.2 Å². The Morgan fingerprint density at radius 1 is 0.933 bits per heavy atom. The number of ether oxygens (including phenoxy) is 1. The number of nitrogens with one attached hydrogen (secondary N) is 1. The first-order valence-corrected chi connectivity index (χ1v) is 11.3. The van der Waals surface area contributed by atoms with E-state index >= 15 is 0 Å². The summed E-state index contributed by atoms with van der Waals surface area (Å²) in [5, 5.41) is 2.76. The Hall–Kier alpha value is -3.32. The molecule has 3 aromatic rings. The van der Waals surface area contributed by atoms with E-state index in [0.717, 1.165) is 21.7 Å². The van der Waals surface area contributed by atoms with Gasteiger partial charge in [-0.15, -0.1) is 0 Å². The van der Waals surface area contributed by atoms with Gasteiger partial charge in [-0.25, -0.2) is 8.42 Å². The van der Waals surface area contributed by atoms with E-state index in [4.69, 9.17) is 4.74 Å². The third-order valence-electron chi connectivity index (χ3n) is 4.48. The molecule has 1 N–H and O–H groups in total. The van der Waals surface area contributed by atoms with Crippen LogP contribution < -0.4 is 14.4 Å². The largest absolute Gasteiger partial charge is 0.455 e. The lowest BCUT2D eigenvalue weighted by molar-refractivity contribution is -0.114. The second-order valence-corrected chi connectivity index (χ2v) is 8.92. The van der Waals surface area contributed by atoms with Gasteiger partial charge in [0.15, 0.2) is 5.75 Å². The number of anilines is 2. The van der Waals surface area contributed by atoms with Crippen molar-refractivity contribution >= 4 is 27.3 Å². The predicted molar refractivity (Wildman–Crippen MR) is 120 cm³/mol. The lowest BCUT2D eigenvalue weighted by Crippen LogP contribution is -2.37. The number of benzene rings is 3. The predicted octanol–water partition coefficient (Wildman–Crippen LogP) is 4.50. The number of nitrogens with zero attached hydrogens (tertiary/aromatic N) is 1. The molecular weight excluding hydrogens is 400 g/mol. The highest BCUT2D eigenvalue weighted by atomic mass is 32.2. The maximum Gasteiger partial charge on any atom is 0.245 e. The van der Waals surface area contributed by atoms with E-state index in [1.807, 2.05) is 37.3 Å². The van der Waals surface area contributed by atoms with E-state index in [-0.39, 0.29) is 6.54 Å². The minimum absolute atomic E-state index is 0.345. The van der Waals surface area contributed by atoms with Crippen LogP contribution in [0.25, 0.3) is 0 Å². The SMILES string of the molecule is Cc1ccc(Oc2ccccc2NC(=O)CN(c2ccccc2C)S(C)(=O)=O)cc1. The molecule has 0 aliphatic carbocycles. The quantitative estimate of drug-likeness (QED) is 0.606. The summed E-state index contributed by atoms with van der Waals surface area (Å²) in [6, 6.07) is 21.6. The summed E-state index contributed by atoms with van der Waals surface area (Å²) in [7, 11) is -3.65. The van der Waals surface area contributed by atoms with Crippen LogP contribution >= 0.6 is 0 Å². The molecule has 0 unspecified atom stereocenters. The molecule has 0 heterocycles. The molecule has 0 bridgehead atoms. The van der Waals surface area contributed by atoms with E-state index in [0.29, 0.717) is 22.9 Å². The summed E-state index contributed by atoms with van der Waals surface area (Å²) >= 11 is 0. The van der Waals surface area contributed by atoms with E-state index < -0.39 is 15.9 Å². The average molecular weight is 425 g/mol. The van der Waals surface area contributed by atoms with Crippen molar-refractivity contribution in [3.05, 3.63) is 83.9 Å². The molecule has 0 aliphatic rings. The molecule has 0 fully saturated rings. The maximum atomic E-state index is 12.7. The summed E-state index contributed by atoms with van der Waals surface area (Å²) in [5.74, 6) is 0.639. The Labute approximate surface area is 177 Å². The van der Waals surface area contributed by atoms with Crippen molar-refractivity contribution < 1.29 is 17.9 Å². The van der Waals surface area contributed by atoms with Gasteiger partial charge in [-0.3, -0.25) is 9.10 Å². The first-order valence-electron chi connectivity index (χ1n) is 9.41. The Balaban J connectivity index is 1.80. The first kappa shape index (κ1) is 21.4. The van der Waals surface area contributed by atoms with Gasteiger partial charge >= 0.3 is 0 Å². The molecule has 7 heteroatoms. The number of hydrogen-bond acceptors (Lipinski definition) is 4. The molecule has 0 spiro atoms. The van der Waals surface area contributed by atoms with Crippen LogP contribution in [0.4, 0.5) is 11.4 Å². The number of aryl methyl sites for hydroxylation is 2. The highest BCUT2D eigenvalue weighted by Gasteiger charge is 2.22. The highest BCUT2D eigenvalue weighted by Crippen LogP contribution is 2.30. The summed E-state index contributed by atoms with van der Waals surface area (Å²) in [6.45, 7) is 3.44. The third kappa shape index (κ3) is 5.39. The molecule has 0 saturated heterocycles. The van der Waals surface area contributed by atoms with Crippen molar-refractivity contribution in [3.8, 4) is 11.5 Å². The Bertz CT molecular complexity index is 1140. The molecule has 30 heavy (non-hydrogen) atoms. The van der Waals surface area contributed by atoms with Gasteiger partial charge in [0.25, 0.3) is 0 Å². The number of rotatable bonds is 7. The number of carbonyl (C=O) groups is 1. The molecule has 3 aromatic carbocycles. The molecule has 156 valence electrons. The lowest BCUT2D eigenvalue weighted by Gasteiger charge is -2.23. The van der Waals surface area contributed by atoms with Crippen molar-refractivity contribution in [2.75, 3.05) is 22.4 Å². The van der Waals surface area contributed by atoms with Gasteiger partial charge in [-0.2, -0.15) is 0 Å². The maximum absolute atomic E-state index is 12.7. The minimum atomic E-state index is -3.65.